The van der Waals surface area contributed by atoms with Gasteiger partial charge in [-0.1, -0.05) is 43.8 Å². The Morgan fingerprint density at radius 3 is 2.72 bits per heavy atom. The number of carbonyl (C=O) groups excluding carboxylic acids is 1. The molecule has 0 fully saturated rings. The average Bonchev–Trinajstić information content (AvgIpc) is 3.16. The van der Waals surface area contributed by atoms with Crippen molar-refractivity contribution in [3.05, 3.63) is 65.2 Å². The number of carbonyl (C=O) groups is 1. The summed E-state index contributed by atoms with van der Waals surface area (Å²) >= 11 is 1.19. The Balaban J connectivity index is 1.47. The summed E-state index contributed by atoms with van der Waals surface area (Å²) in [6.45, 7) is 6.34. The highest BCUT2D eigenvalue weighted by atomic mass is 32.2. The Labute approximate surface area is 173 Å². The lowest BCUT2D eigenvalue weighted by atomic mass is 10.0. The van der Waals surface area contributed by atoms with Gasteiger partial charge >= 0.3 is 0 Å². The Kier molecular flexibility index (Phi) is 6.87. The van der Waals surface area contributed by atoms with Gasteiger partial charge in [0.25, 0.3) is 0 Å². The number of aromatic nitrogens is 3. The summed E-state index contributed by atoms with van der Waals surface area (Å²) in [5.41, 5.74) is 2.51. The van der Waals surface area contributed by atoms with Gasteiger partial charge in [0.15, 0.2) is 5.82 Å². The van der Waals surface area contributed by atoms with E-state index in [9.17, 15) is 9.18 Å². The molecular weight excluding hydrogens is 391 g/mol. The number of nitrogens with zero attached hydrogens (tertiary/aromatic N) is 2. The van der Waals surface area contributed by atoms with Crippen LogP contribution in [0.25, 0.3) is 0 Å². The number of H-pyrrole nitrogens is 1. The molecule has 0 aliphatic carbocycles. The van der Waals surface area contributed by atoms with Gasteiger partial charge in [-0.15, -0.1) is 5.10 Å². The summed E-state index contributed by atoms with van der Waals surface area (Å²) < 4.78 is 19.0. The summed E-state index contributed by atoms with van der Waals surface area (Å²) in [5.74, 6) is 1.27. The second-order valence-corrected chi connectivity index (χ2v) is 7.82. The minimum absolute atomic E-state index is 0.116. The quantitative estimate of drug-likeness (QED) is 0.523. The normalized spacial score (nSPS) is 10.9. The molecule has 0 unspecified atom stereocenters. The van der Waals surface area contributed by atoms with E-state index >= 15 is 0 Å². The first kappa shape index (κ1) is 20.9. The zero-order valence-electron chi connectivity index (χ0n) is 16.5. The molecule has 0 saturated carbocycles. The number of amides is 1. The fraction of sp³-hybridized carbons (Fsp3) is 0.286. The second kappa shape index (κ2) is 9.56. The van der Waals surface area contributed by atoms with Gasteiger partial charge in [0.2, 0.25) is 11.1 Å². The van der Waals surface area contributed by atoms with Gasteiger partial charge < -0.3 is 10.1 Å². The summed E-state index contributed by atoms with van der Waals surface area (Å²) in [5, 5.41) is 10.0. The van der Waals surface area contributed by atoms with Crippen LogP contribution in [0.4, 0.5) is 10.1 Å². The van der Waals surface area contributed by atoms with Crippen molar-refractivity contribution in [3.8, 4) is 5.75 Å². The highest BCUT2D eigenvalue weighted by Crippen LogP contribution is 2.20. The first-order valence-corrected chi connectivity index (χ1v) is 10.2. The highest BCUT2D eigenvalue weighted by molar-refractivity contribution is 7.99. The van der Waals surface area contributed by atoms with Crippen LogP contribution in [0.15, 0.2) is 47.6 Å². The molecular formula is C21H23FN4O2S. The molecule has 1 aromatic heterocycles. The molecule has 0 aliphatic rings. The van der Waals surface area contributed by atoms with E-state index < -0.39 is 5.82 Å². The number of hydrogen-bond acceptors (Lipinski definition) is 5. The number of nitrogens with one attached hydrogen (secondary N) is 2. The lowest BCUT2D eigenvalue weighted by Crippen LogP contribution is -2.15. The predicted octanol–water partition coefficient (Wildman–Crippen LogP) is 4.69. The van der Waals surface area contributed by atoms with Crippen LogP contribution >= 0.6 is 11.8 Å². The van der Waals surface area contributed by atoms with Crippen LogP contribution in [0, 0.1) is 12.7 Å². The van der Waals surface area contributed by atoms with Crippen molar-refractivity contribution in [1.82, 2.24) is 15.2 Å². The number of halogens is 1. The second-order valence-electron chi connectivity index (χ2n) is 6.87. The molecule has 2 N–H and O–H groups in total. The van der Waals surface area contributed by atoms with Crippen molar-refractivity contribution in [3.63, 3.8) is 0 Å². The van der Waals surface area contributed by atoms with Crippen molar-refractivity contribution in [1.29, 1.82) is 0 Å². The van der Waals surface area contributed by atoms with Crippen molar-refractivity contribution >= 4 is 23.4 Å². The average molecular weight is 415 g/mol. The summed E-state index contributed by atoms with van der Waals surface area (Å²) in [4.78, 5) is 16.4. The maximum Gasteiger partial charge on any atom is 0.234 e. The molecule has 1 amide bonds. The third kappa shape index (κ3) is 6.05. The number of anilines is 1. The molecule has 8 heteroatoms. The Bertz CT molecular complexity index is 973. The minimum atomic E-state index is -0.393. The number of ether oxygens (including phenoxy) is 1. The third-order valence-corrected chi connectivity index (χ3v) is 5.09. The summed E-state index contributed by atoms with van der Waals surface area (Å²) in [6.07, 6.45) is 0. The van der Waals surface area contributed by atoms with Crippen molar-refractivity contribution in [2.45, 2.75) is 38.5 Å². The molecule has 0 aliphatic heterocycles. The zero-order valence-corrected chi connectivity index (χ0v) is 17.3. The molecule has 0 saturated heterocycles. The maximum atomic E-state index is 13.3. The first-order valence-electron chi connectivity index (χ1n) is 9.23. The molecule has 0 atom stereocenters. The van der Waals surface area contributed by atoms with E-state index in [1.807, 2.05) is 24.3 Å². The van der Waals surface area contributed by atoms with E-state index in [1.54, 1.807) is 13.0 Å². The van der Waals surface area contributed by atoms with Gasteiger partial charge in [-0.3, -0.25) is 9.89 Å². The number of aromatic amines is 1. The molecule has 6 nitrogen and oxygen atoms in total. The lowest BCUT2D eigenvalue weighted by Gasteiger charge is -2.07. The van der Waals surface area contributed by atoms with E-state index in [2.05, 4.69) is 34.3 Å². The highest BCUT2D eigenvalue weighted by Gasteiger charge is 2.10. The van der Waals surface area contributed by atoms with Crippen LogP contribution < -0.4 is 10.1 Å². The predicted molar refractivity (Wildman–Crippen MR) is 112 cm³/mol. The van der Waals surface area contributed by atoms with Crippen LogP contribution in [-0.4, -0.2) is 26.8 Å². The molecule has 1 heterocycles. The van der Waals surface area contributed by atoms with Gasteiger partial charge in [-0.2, -0.15) is 0 Å². The van der Waals surface area contributed by atoms with Crippen molar-refractivity contribution in [2.75, 3.05) is 11.1 Å². The molecule has 2 aromatic carbocycles. The van der Waals surface area contributed by atoms with Crippen LogP contribution in [0.1, 0.15) is 36.7 Å². The SMILES string of the molecule is Cc1ccc(F)cc1NC(=O)CSc1n[nH]c(COc2ccc(C(C)C)cc2)n1. The topological polar surface area (TPSA) is 79.9 Å². The van der Waals surface area contributed by atoms with Crippen LogP contribution in [0.3, 0.4) is 0 Å². The van der Waals surface area contributed by atoms with Crippen molar-refractivity contribution in [2.24, 2.45) is 0 Å². The van der Waals surface area contributed by atoms with E-state index in [0.29, 0.717) is 22.6 Å². The number of aryl methyl sites for hydroxylation is 1. The summed E-state index contributed by atoms with van der Waals surface area (Å²) in [7, 11) is 0. The zero-order chi connectivity index (χ0) is 20.8. The molecule has 152 valence electrons. The van der Waals surface area contributed by atoms with Crippen LogP contribution in [0.2, 0.25) is 0 Å². The van der Waals surface area contributed by atoms with E-state index in [1.165, 1.54) is 29.5 Å². The monoisotopic (exact) mass is 414 g/mol. The largest absolute Gasteiger partial charge is 0.486 e. The molecule has 0 spiro atoms. The fourth-order valence-electron chi connectivity index (χ4n) is 2.55. The van der Waals surface area contributed by atoms with Gasteiger partial charge in [-0.25, -0.2) is 9.37 Å². The number of thioether (sulfide) groups is 1. The molecule has 0 radical (unpaired) electrons. The Morgan fingerprint density at radius 1 is 1.24 bits per heavy atom. The van der Waals surface area contributed by atoms with Gasteiger partial charge in [0, 0.05) is 5.69 Å². The number of benzene rings is 2. The van der Waals surface area contributed by atoms with E-state index in [4.69, 9.17) is 4.74 Å². The third-order valence-electron chi connectivity index (χ3n) is 4.24. The molecule has 3 aromatic rings. The molecule has 3 rings (SSSR count). The van der Waals surface area contributed by atoms with Crippen LogP contribution in [-0.2, 0) is 11.4 Å². The van der Waals surface area contributed by atoms with Gasteiger partial charge in [-0.05, 0) is 48.2 Å². The molecule has 0 bridgehead atoms. The molecule has 29 heavy (non-hydrogen) atoms. The smallest absolute Gasteiger partial charge is 0.234 e. The summed E-state index contributed by atoms with van der Waals surface area (Å²) in [6, 6.07) is 12.2. The standard InChI is InChI=1S/C21H23FN4O2S/c1-13(2)15-5-8-17(9-6-15)28-11-19-24-21(26-25-19)29-12-20(27)23-18-10-16(22)7-4-14(18)3/h4-10,13H,11-12H2,1-3H3,(H,23,27)(H,24,25,26). The Hall–Kier alpha value is -2.87. The number of hydrogen-bond donors (Lipinski definition) is 2. The lowest BCUT2D eigenvalue weighted by molar-refractivity contribution is -0.113. The van der Waals surface area contributed by atoms with E-state index in [-0.39, 0.29) is 18.3 Å². The van der Waals surface area contributed by atoms with Gasteiger partial charge in [0.05, 0.1) is 5.75 Å². The Morgan fingerprint density at radius 2 is 2.00 bits per heavy atom. The first-order chi connectivity index (χ1) is 13.9. The fourth-order valence-corrected chi connectivity index (χ4v) is 3.17. The van der Waals surface area contributed by atoms with Crippen molar-refractivity contribution < 1.29 is 13.9 Å². The van der Waals surface area contributed by atoms with Gasteiger partial charge in [0.1, 0.15) is 18.2 Å². The van der Waals surface area contributed by atoms with Crippen LogP contribution in [0.5, 0.6) is 5.75 Å². The van der Waals surface area contributed by atoms with E-state index in [0.717, 1.165) is 11.3 Å². The maximum absolute atomic E-state index is 13.3. The minimum Gasteiger partial charge on any atom is -0.486 e. The number of rotatable bonds is 8.